The summed E-state index contributed by atoms with van der Waals surface area (Å²) in [5.41, 5.74) is 5.45. The van der Waals surface area contributed by atoms with Crippen LogP contribution >= 0.6 is 0 Å². The van der Waals surface area contributed by atoms with Crippen LogP contribution in [0.4, 0.5) is 5.82 Å². The second kappa shape index (κ2) is 4.97. The maximum atomic E-state index is 5.53. The van der Waals surface area contributed by atoms with Gasteiger partial charge in [-0.15, -0.1) is 0 Å². The fourth-order valence-corrected chi connectivity index (χ4v) is 2.21. The number of anilines is 1. The van der Waals surface area contributed by atoms with Gasteiger partial charge in [-0.1, -0.05) is 6.92 Å². The van der Waals surface area contributed by atoms with E-state index in [4.69, 9.17) is 15.3 Å². The van der Waals surface area contributed by atoms with Crippen molar-refractivity contribution in [3.63, 3.8) is 0 Å². The van der Waals surface area contributed by atoms with Crippen LogP contribution in [-0.2, 0) is 6.42 Å². The smallest absolute Gasteiger partial charge is 0.231 e. The van der Waals surface area contributed by atoms with Gasteiger partial charge in [0.2, 0.25) is 6.79 Å². The van der Waals surface area contributed by atoms with E-state index in [2.05, 4.69) is 22.3 Å². The van der Waals surface area contributed by atoms with Crippen molar-refractivity contribution in [1.82, 2.24) is 9.97 Å². The van der Waals surface area contributed by atoms with Gasteiger partial charge in [0.1, 0.15) is 5.82 Å². The third-order valence-electron chi connectivity index (χ3n) is 3.35. The molecule has 20 heavy (non-hydrogen) atoms. The normalized spacial score (nSPS) is 12.6. The van der Waals surface area contributed by atoms with Gasteiger partial charge in [-0.05, 0) is 31.5 Å². The molecule has 0 saturated heterocycles. The van der Waals surface area contributed by atoms with Crippen molar-refractivity contribution in [3.05, 3.63) is 29.5 Å². The number of nitrogens with zero attached hydrogens (tertiary/aromatic N) is 2. The molecule has 0 bridgehead atoms. The highest BCUT2D eigenvalue weighted by atomic mass is 16.7. The second-order valence-electron chi connectivity index (χ2n) is 4.53. The molecule has 0 amide bonds. The number of hydrazine groups is 1. The summed E-state index contributed by atoms with van der Waals surface area (Å²) in [6, 6.07) is 5.66. The average molecular weight is 272 g/mol. The average Bonchev–Trinajstić information content (AvgIpc) is 2.95. The maximum absolute atomic E-state index is 5.53. The van der Waals surface area contributed by atoms with Gasteiger partial charge in [0, 0.05) is 16.8 Å². The Balaban J connectivity index is 2.09. The predicted molar refractivity (Wildman–Crippen MR) is 75.5 cm³/mol. The Hall–Kier alpha value is -2.34. The number of rotatable bonds is 3. The van der Waals surface area contributed by atoms with Gasteiger partial charge in [0.05, 0.1) is 0 Å². The first-order valence-electron chi connectivity index (χ1n) is 6.47. The zero-order chi connectivity index (χ0) is 14.1. The Morgan fingerprint density at radius 1 is 1.25 bits per heavy atom. The molecular formula is C14H16N4O2. The summed E-state index contributed by atoms with van der Waals surface area (Å²) in [5, 5.41) is 0. The lowest BCUT2D eigenvalue weighted by molar-refractivity contribution is 0.174. The van der Waals surface area contributed by atoms with Crippen LogP contribution in [0.3, 0.4) is 0 Å². The van der Waals surface area contributed by atoms with Crippen LogP contribution < -0.4 is 20.7 Å². The van der Waals surface area contributed by atoms with Crippen LogP contribution in [-0.4, -0.2) is 16.8 Å². The summed E-state index contributed by atoms with van der Waals surface area (Å²) >= 11 is 0. The number of nitrogen functional groups attached to an aromatic ring is 1. The number of aromatic nitrogens is 2. The fourth-order valence-electron chi connectivity index (χ4n) is 2.21. The molecule has 0 spiro atoms. The van der Waals surface area contributed by atoms with E-state index in [9.17, 15) is 0 Å². The third kappa shape index (κ3) is 2.04. The predicted octanol–water partition coefficient (Wildman–Crippen LogP) is 2.03. The van der Waals surface area contributed by atoms with Gasteiger partial charge < -0.3 is 14.9 Å². The molecule has 3 N–H and O–H groups in total. The monoisotopic (exact) mass is 272 g/mol. The van der Waals surface area contributed by atoms with E-state index < -0.39 is 0 Å². The molecule has 104 valence electrons. The quantitative estimate of drug-likeness (QED) is 0.657. The molecular weight excluding hydrogens is 256 g/mol. The highest BCUT2D eigenvalue weighted by Crippen LogP contribution is 2.35. The van der Waals surface area contributed by atoms with Gasteiger partial charge in [0.25, 0.3) is 0 Å². The van der Waals surface area contributed by atoms with Crippen molar-refractivity contribution in [2.45, 2.75) is 20.3 Å². The number of nitrogens with two attached hydrogens (primary N) is 1. The molecule has 1 aromatic carbocycles. The van der Waals surface area contributed by atoms with E-state index >= 15 is 0 Å². The molecule has 2 aromatic rings. The van der Waals surface area contributed by atoms with Crippen molar-refractivity contribution in [3.8, 4) is 22.9 Å². The summed E-state index contributed by atoms with van der Waals surface area (Å²) in [5.74, 6) is 8.25. The van der Waals surface area contributed by atoms with E-state index in [-0.39, 0.29) is 6.79 Å². The first-order chi connectivity index (χ1) is 9.72. The summed E-state index contributed by atoms with van der Waals surface area (Å²) in [6.45, 7) is 4.26. The number of aryl methyl sites for hydroxylation is 1. The van der Waals surface area contributed by atoms with Crippen molar-refractivity contribution < 1.29 is 9.47 Å². The van der Waals surface area contributed by atoms with Crippen molar-refractivity contribution in [2.24, 2.45) is 5.84 Å². The first-order valence-corrected chi connectivity index (χ1v) is 6.47. The lowest BCUT2D eigenvalue weighted by Crippen LogP contribution is -2.13. The molecule has 3 rings (SSSR count). The van der Waals surface area contributed by atoms with Gasteiger partial charge in [-0.25, -0.2) is 15.8 Å². The number of nitrogens with one attached hydrogen (secondary N) is 1. The molecule has 6 nitrogen and oxygen atoms in total. The van der Waals surface area contributed by atoms with Gasteiger partial charge in [-0.3, -0.25) is 0 Å². The number of hydrogen-bond donors (Lipinski definition) is 2. The minimum absolute atomic E-state index is 0.253. The Morgan fingerprint density at radius 2 is 2.05 bits per heavy atom. The van der Waals surface area contributed by atoms with Crippen molar-refractivity contribution in [1.29, 1.82) is 0 Å². The standard InChI is InChI=1S/C14H16N4O2/c1-3-10-8(2)13(18-15)17-14(16-10)9-4-5-11-12(6-9)20-7-19-11/h4-6H,3,7,15H2,1-2H3,(H,16,17,18). The molecule has 6 heteroatoms. The van der Waals surface area contributed by atoms with Gasteiger partial charge in [-0.2, -0.15) is 0 Å². The second-order valence-corrected chi connectivity index (χ2v) is 4.53. The topological polar surface area (TPSA) is 82.3 Å². The minimum Gasteiger partial charge on any atom is -0.454 e. The Labute approximate surface area is 116 Å². The zero-order valence-electron chi connectivity index (χ0n) is 11.4. The SMILES string of the molecule is CCc1nc(-c2ccc3c(c2)OCO3)nc(NN)c1C. The largest absolute Gasteiger partial charge is 0.454 e. The van der Waals surface area contributed by atoms with Crippen LogP contribution in [0.15, 0.2) is 18.2 Å². The lowest BCUT2D eigenvalue weighted by atomic mass is 10.1. The van der Waals surface area contributed by atoms with Crippen molar-refractivity contribution in [2.75, 3.05) is 12.2 Å². The number of fused-ring (bicyclic) bond motifs is 1. The first kappa shape index (κ1) is 12.7. The summed E-state index contributed by atoms with van der Waals surface area (Å²) in [7, 11) is 0. The molecule has 1 aromatic heterocycles. The Morgan fingerprint density at radius 3 is 2.80 bits per heavy atom. The summed E-state index contributed by atoms with van der Waals surface area (Å²) in [6.07, 6.45) is 0.820. The molecule has 0 saturated carbocycles. The van der Waals surface area contributed by atoms with Gasteiger partial charge in [0.15, 0.2) is 17.3 Å². The van der Waals surface area contributed by atoms with Crippen LogP contribution in [0.2, 0.25) is 0 Å². The highest BCUT2D eigenvalue weighted by Gasteiger charge is 2.16. The summed E-state index contributed by atoms with van der Waals surface area (Å²) in [4.78, 5) is 9.04. The van der Waals surface area contributed by atoms with E-state index in [1.165, 1.54) is 0 Å². The molecule has 0 aliphatic carbocycles. The molecule has 0 atom stereocenters. The number of benzene rings is 1. The fraction of sp³-hybridized carbons (Fsp3) is 0.286. The van der Waals surface area contributed by atoms with Gasteiger partial charge >= 0.3 is 0 Å². The highest BCUT2D eigenvalue weighted by molar-refractivity contribution is 5.64. The molecule has 0 unspecified atom stereocenters. The molecule has 1 aliphatic heterocycles. The van der Waals surface area contributed by atoms with E-state index in [0.29, 0.717) is 17.4 Å². The zero-order valence-corrected chi connectivity index (χ0v) is 11.4. The number of ether oxygens (including phenoxy) is 2. The Kier molecular flexibility index (Phi) is 3.15. The molecule has 0 radical (unpaired) electrons. The third-order valence-corrected chi connectivity index (χ3v) is 3.35. The lowest BCUT2D eigenvalue weighted by Gasteiger charge is -2.11. The van der Waals surface area contributed by atoms with Crippen LogP contribution in [0, 0.1) is 6.92 Å². The molecule has 0 fully saturated rings. The van der Waals surface area contributed by atoms with Crippen molar-refractivity contribution >= 4 is 5.82 Å². The maximum Gasteiger partial charge on any atom is 0.231 e. The molecule has 2 heterocycles. The van der Waals surface area contributed by atoms with E-state index in [0.717, 1.165) is 29.0 Å². The minimum atomic E-state index is 0.253. The van der Waals surface area contributed by atoms with E-state index in [1.54, 1.807) is 0 Å². The summed E-state index contributed by atoms with van der Waals surface area (Å²) < 4.78 is 10.7. The van der Waals surface area contributed by atoms with Crippen LogP contribution in [0.1, 0.15) is 18.2 Å². The van der Waals surface area contributed by atoms with Crippen LogP contribution in [0.25, 0.3) is 11.4 Å². The Bertz CT molecular complexity index is 633. The van der Waals surface area contributed by atoms with E-state index in [1.807, 2.05) is 25.1 Å². The van der Waals surface area contributed by atoms with Crippen LogP contribution in [0.5, 0.6) is 11.5 Å². The number of hydrogen-bond acceptors (Lipinski definition) is 6. The molecule has 1 aliphatic rings.